The minimum Gasteiger partial charge on any atom is -0.491 e. The van der Waals surface area contributed by atoms with Gasteiger partial charge in [0.15, 0.2) is 0 Å². The van der Waals surface area contributed by atoms with Gasteiger partial charge in [0.1, 0.15) is 17.8 Å². The van der Waals surface area contributed by atoms with Crippen molar-refractivity contribution in [3.63, 3.8) is 0 Å². The van der Waals surface area contributed by atoms with Crippen LogP contribution in [0.3, 0.4) is 0 Å². The fourth-order valence-electron chi connectivity index (χ4n) is 3.88. The van der Waals surface area contributed by atoms with Gasteiger partial charge >= 0.3 is 0 Å². The van der Waals surface area contributed by atoms with Gasteiger partial charge in [0.25, 0.3) is 0 Å². The van der Waals surface area contributed by atoms with E-state index in [0.717, 1.165) is 48.4 Å². The lowest BCUT2D eigenvalue weighted by Crippen LogP contribution is -2.42. The summed E-state index contributed by atoms with van der Waals surface area (Å²) in [5.41, 5.74) is 2.50. The van der Waals surface area contributed by atoms with Crippen LogP contribution in [0, 0.1) is 0 Å². The van der Waals surface area contributed by atoms with Crippen molar-refractivity contribution in [1.29, 1.82) is 0 Å². The molecule has 2 aliphatic rings. The standard InChI is InChI=1S/C20H21NO2/c1-2-3-8-13-21-17-11-6-4-9-15(17)20(19(21)22)14-23-18-12-7-5-10-16(18)20/h4-7,9-12H,2-3,8,13-14H2,1H3. The highest BCUT2D eigenvalue weighted by Gasteiger charge is 2.56. The summed E-state index contributed by atoms with van der Waals surface area (Å²) in [6, 6.07) is 16.1. The van der Waals surface area contributed by atoms with Crippen LogP contribution < -0.4 is 9.64 Å². The number of ether oxygens (including phenoxy) is 1. The van der Waals surface area contributed by atoms with Crippen LogP contribution in [-0.2, 0) is 10.2 Å². The molecule has 0 saturated carbocycles. The number of anilines is 1. The second-order valence-electron chi connectivity index (χ2n) is 6.37. The van der Waals surface area contributed by atoms with Crippen molar-refractivity contribution in [3.8, 4) is 5.75 Å². The number of hydrogen-bond acceptors (Lipinski definition) is 2. The Hall–Kier alpha value is -2.29. The van der Waals surface area contributed by atoms with Crippen molar-refractivity contribution < 1.29 is 9.53 Å². The van der Waals surface area contributed by atoms with Crippen LogP contribution in [0.4, 0.5) is 5.69 Å². The van der Waals surface area contributed by atoms with Crippen LogP contribution in [0.2, 0.25) is 0 Å². The zero-order valence-electron chi connectivity index (χ0n) is 13.4. The molecule has 0 aromatic heterocycles. The van der Waals surface area contributed by atoms with Crippen LogP contribution >= 0.6 is 0 Å². The van der Waals surface area contributed by atoms with Crippen LogP contribution in [-0.4, -0.2) is 19.1 Å². The molecular formula is C20H21NO2. The molecule has 3 nitrogen and oxygen atoms in total. The molecule has 0 N–H and O–H groups in total. The van der Waals surface area contributed by atoms with Gasteiger partial charge in [-0.2, -0.15) is 0 Å². The molecule has 2 aromatic carbocycles. The molecule has 23 heavy (non-hydrogen) atoms. The maximum Gasteiger partial charge on any atom is 0.245 e. The quantitative estimate of drug-likeness (QED) is 0.802. The largest absolute Gasteiger partial charge is 0.491 e. The molecule has 2 aliphatic heterocycles. The van der Waals surface area contributed by atoms with E-state index in [0.29, 0.717) is 6.61 Å². The van der Waals surface area contributed by atoms with Gasteiger partial charge in [0, 0.05) is 17.8 Å². The zero-order valence-corrected chi connectivity index (χ0v) is 13.4. The third kappa shape index (κ3) is 1.92. The van der Waals surface area contributed by atoms with Crippen molar-refractivity contribution >= 4 is 11.6 Å². The average Bonchev–Trinajstić information content (AvgIpc) is 3.09. The lowest BCUT2D eigenvalue weighted by molar-refractivity contribution is -0.122. The number of unbranched alkanes of at least 4 members (excludes halogenated alkanes) is 2. The summed E-state index contributed by atoms with van der Waals surface area (Å²) in [7, 11) is 0. The fraction of sp³-hybridized carbons (Fsp3) is 0.350. The van der Waals surface area contributed by atoms with Gasteiger partial charge in [0.2, 0.25) is 5.91 Å². The molecule has 0 saturated heterocycles. The summed E-state index contributed by atoms with van der Waals surface area (Å²) in [4.78, 5) is 15.4. The van der Waals surface area contributed by atoms with Gasteiger partial charge in [-0.1, -0.05) is 56.2 Å². The van der Waals surface area contributed by atoms with Crippen molar-refractivity contribution in [1.82, 2.24) is 0 Å². The van der Waals surface area contributed by atoms with Gasteiger partial charge in [-0.05, 0) is 24.1 Å². The molecular weight excluding hydrogens is 286 g/mol. The van der Waals surface area contributed by atoms with Crippen molar-refractivity contribution in [3.05, 3.63) is 59.7 Å². The highest BCUT2D eigenvalue weighted by Crippen LogP contribution is 2.51. The normalized spacial score (nSPS) is 21.4. The van der Waals surface area contributed by atoms with Crippen LogP contribution in [0.5, 0.6) is 5.75 Å². The summed E-state index contributed by atoms with van der Waals surface area (Å²) in [6.07, 6.45) is 3.34. The lowest BCUT2D eigenvalue weighted by atomic mass is 9.77. The number of nitrogens with zero attached hydrogens (tertiary/aromatic N) is 1. The number of benzene rings is 2. The summed E-state index contributed by atoms with van der Waals surface area (Å²) in [6.45, 7) is 3.38. The summed E-state index contributed by atoms with van der Waals surface area (Å²) >= 11 is 0. The Morgan fingerprint density at radius 1 is 1.04 bits per heavy atom. The summed E-state index contributed by atoms with van der Waals surface area (Å²) < 4.78 is 5.89. The lowest BCUT2D eigenvalue weighted by Gasteiger charge is -2.23. The fourth-order valence-corrected chi connectivity index (χ4v) is 3.88. The second-order valence-corrected chi connectivity index (χ2v) is 6.37. The van der Waals surface area contributed by atoms with E-state index in [9.17, 15) is 4.79 Å². The first-order valence-electron chi connectivity index (χ1n) is 8.43. The maximum absolute atomic E-state index is 13.4. The topological polar surface area (TPSA) is 29.5 Å². The number of para-hydroxylation sites is 2. The molecule has 1 spiro atoms. The minimum absolute atomic E-state index is 0.166. The SMILES string of the molecule is CCCCCN1C(=O)C2(COc3ccccc32)c2ccccc21. The van der Waals surface area contributed by atoms with Crippen molar-refractivity contribution in [2.75, 3.05) is 18.1 Å². The van der Waals surface area contributed by atoms with Gasteiger partial charge < -0.3 is 9.64 Å². The molecule has 0 radical (unpaired) electrons. The Kier molecular flexibility index (Phi) is 3.37. The van der Waals surface area contributed by atoms with E-state index in [2.05, 4.69) is 19.1 Å². The first kappa shape index (κ1) is 14.3. The third-order valence-corrected chi connectivity index (χ3v) is 5.04. The molecule has 1 atom stereocenters. The number of carbonyl (C=O) groups is 1. The number of hydrogen-bond donors (Lipinski definition) is 0. The number of amides is 1. The van der Waals surface area contributed by atoms with Crippen LogP contribution in [0.1, 0.15) is 37.3 Å². The smallest absolute Gasteiger partial charge is 0.245 e. The molecule has 3 heteroatoms. The Morgan fingerprint density at radius 3 is 2.61 bits per heavy atom. The molecule has 1 amide bonds. The molecule has 1 unspecified atom stereocenters. The molecule has 4 rings (SSSR count). The van der Waals surface area contributed by atoms with Crippen molar-refractivity contribution in [2.24, 2.45) is 0 Å². The van der Waals surface area contributed by atoms with E-state index >= 15 is 0 Å². The first-order valence-corrected chi connectivity index (χ1v) is 8.43. The summed E-state index contributed by atoms with van der Waals surface area (Å²) in [5, 5.41) is 0. The van der Waals surface area contributed by atoms with E-state index in [4.69, 9.17) is 4.74 Å². The predicted molar refractivity (Wildman–Crippen MR) is 91.0 cm³/mol. The van der Waals surface area contributed by atoms with Gasteiger partial charge in [-0.15, -0.1) is 0 Å². The highest BCUT2D eigenvalue weighted by molar-refractivity contribution is 6.11. The van der Waals surface area contributed by atoms with Crippen LogP contribution in [0.15, 0.2) is 48.5 Å². The zero-order chi connectivity index (χ0) is 15.9. The molecule has 0 aliphatic carbocycles. The van der Waals surface area contributed by atoms with Crippen molar-refractivity contribution in [2.45, 2.75) is 31.6 Å². The van der Waals surface area contributed by atoms with E-state index in [1.54, 1.807) is 0 Å². The van der Waals surface area contributed by atoms with Gasteiger partial charge in [-0.25, -0.2) is 0 Å². The predicted octanol–water partition coefficient (Wildman–Crippen LogP) is 3.90. The Morgan fingerprint density at radius 2 is 1.78 bits per heavy atom. The summed E-state index contributed by atoms with van der Waals surface area (Å²) in [5.74, 6) is 1.01. The molecule has 0 fully saturated rings. The van der Waals surface area contributed by atoms with Crippen LogP contribution in [0.25, 0.3) is 0 Å². The highest BCUT2D eigenvalue weighted by atomic mass is 16.5. The number of fused-ring (bicyclic) bond motifs is 4. The van der Waals surface area contributed by atoms with E-state index in [1.807, 2.05) is 41.3 Å². The maximum atomic E-state index is 13.4. The molecule has 118 valence electrons. The number of carbonyl (C=O) groups excluding carboxylic acids is 1. The van der Waals surface area contributed by atoms with E-state index in [1.165, 1.54) is 0 Å². The molecule has 2 aromatic rings. The van der Waals surface area contributed by atoms with Gasteiger partial charge in [0.05, 0.1) is 0 Å². The van der Waals surface area contributed by atoms with E-state index in [-0.39, 0.29) is 5.91 Å². The number of rotatable bonds is 4. The monoisotopic (exact) mass is 307 g/mol. The minimum atomic E-state index is -0.653. The van der Waals surface area contributed by atoms with Gasteiger partial charge in [-0.3, -0.25) is 4.79 Å². The third-order valence-electron chi connectivity index (χ3n) is 5.04. The average molecular weight is 307 g/mol. The Balaban J connectivity index is 1.82. The molecule has 2 heterocycles. The van der Waals surface area contributed by atoms with E-state index < -0.39 is 5.41 Å². The first-order chi connectivity index (χ1) is 11.3. The molecule has 0 bridgehead atoms. The second kappa shape index (κ2) is 5.41. The Labute approximate surface area is 136 Å². The Bertz CT molecular complexity index is 755.